The molecule has 0 fully saturated rings. The lowest BCUT2D eigenvalue weighted by atomic mass is 10.2. The molecule has 0 radical (unpaired) electrons. The van der Waals surface area contributed by atoms with Crippen molar-refractivity contribution in [1.82, 2.24) is 20.3 Å². The molecule has 3 aromatic heterocycles. The van der Waals surface area contributed by atoms with E-state index in [2.05, 4.69) is 20.3 Å². The van der Waals surface area contributed by atoms with Crippen LogP contribution in [0.25, 0.3) is 10.9 Å². The van der Waals surface area contributed by atoms with Crippen molar-refractivity contribution < 1.29 is 13.9 Å². The van der Waals surface area contributed by atoms with Gasteiger partial charge in [-0.3, -0.25) is 9.78 Å². The van der Waals surface area contributed by atoms with Crippen molar-refractivity contribution in [2.24, 2.45) is 0 Å². The number of carbonyl (C=O) groups is 1. The predicted octanol–water partition coefficient (Wildman–Crippen LogP) is 3.23. The Kier molecular flexibility index (Phi) is 5.06. The van der Waals surface area contributed by atoms with Crippen LogP contribution in [-0.4, -0.2) is 27.4 Å². The molecule has 4 rings (SSSR count). The van der Waals surface area contributed by atoms with Crippen molar-refractivity contribution >= 4 is 28.1 Å². The number of pyridine rings is 1. The molecule has 0 unspecified atom stereocenters. The van der Waals surface area contributed by atoms with Gasteiger partial charge in [0.2, 0.25) is 5.89 Å². The molecular weight excluding hydrogens is 364 g/mol. The summed E-state index contributed by atoms with van der Waals surface area (Å²) in [7, 11) is 0. The van der Waals surface area contributed by atoms with Gasteiger partial charge in [0.1, 0.15) is 12.0 Å². The van der Waals surface area contributed by atoms with Crippen LogP contribution in [0.2, 0.25) is 0 Å². The van der Waals surface area contributed by atoms with Crippen LogP contribution < -0.4 is 10.1 Å². The fraction of sp³-hybridized carbons (Fsp3) is 0.158. The summed E-state index contributed by atoms with van der Waals surface area (Å²) in [5.74, 6) is 0.742. The molecule has 136 valence electrons. The zero-order chi connectivity index (χ0) is 18.5. The van der Waals surface area contributed by atoms with E-state index in [1.54, 1.807) is 11.7 Å². The molecule has 0 aliphatic carbocycles. The summed E-state index contributed by atoms with van der Waals surface area (Å²) in [4.78, 5) is 24.7. The van der Waals surface area contributed by atoms with E-state index >= 15 is 0 Å². The number of ether oxygens (including phenoxy) is 1. The number of rotatable bonds is 7. The van der Waals surface area contributed by atoms with E-state index in [-0.39, 0.29) is 18.2 Å². The van der Waals surface area contributed by atoms with Crippen LogP contribution in [-0.2, 0) is 13.0 Å². The Bertz CT molecular complexity index is 1050. The Morgan fingerprint density at radius 3 is 3.11 bits per heavy atom. The molecule has 4 aromatic rings. The smallest absolute Gasteiger partial charge is 0.273 e. The summed E-state index contributed by atoms with van der Waals surface area (Å²) in [6.07, 6.45) is 3.76. The van der Waals surface area contributed by atoms with Crippen LogP contribution in [0.5, 0.6) is 5.75 Å². The van der Waals surface area contributed by atoms with E-state index < -0.39 is 0 Å². The SMILES string of the molecule is O=C(NCCc1cscn1)c1coc(COc2ccc3ncccc3c2)n1. The molecule has 0 aliphatic rings. The van der Waals surface area contributed by atoms with Crippen molar-refractivity contribution in [2.45, 2.75) is 13.0 Å². The third-order valence-corrected chi connectivity index (χ3v) is 4.51. The zero-order valence-electron chi connectivity index (χ0n) is 14.3. The summed E-state index contributed by atoms with van der Waals surface area (Å²) in [6.45, 7) is 0.629. The fourth-order valence-corrected chi connectivity index (χ4v) is 3.12. The number of benzene rings is 1. The number of carbonyl (C=O) groups excluding carboxylic acids is 1. The van der Waals surface area contributed by atoms with E-state index in [1.807, 2.05) is 35.7 Å². The summed E-state index contributed by atoms with van der Waals surface area (Å²) in [5.41, 5.74) is 3.86. The average Bonchev–Trinajstić information content (AvgIpc) is 3.38. The average molecular weight is 380 g/mol. The lowest BCUT2D eigenvalue weighted by molar-refractivity contribution is 0.0949. The fourth-order valence-electron chi connectivity index (χ4n) is 2.53. The van der Waals surface area contributed by atoms with Crippen molar-refractivity contribution in [3.8, 4) is 5.75 Å². The van der Waals surface area contributed by atoms with Gasteiger partial charge in [0, 0.05) is 29.9 Å². The predicted molar refractivity (Wildman–Crippen MR) is 101 cm³/mol. The first kappa shape index (κ1) is 17.2. The second-order valence-electron chi connectivity index (χ2n) is 5.76. The summed E-state index contributed by atoms with van der Waals surface area (Å²) < 4.78 is 11.0. The number of fused-ring (bicyclic) bond motifs is 1. The van der Waals surface area contributed by atoms with E-state index in [4.69, 9.17) is 9.15 Å². The van der Waals surface area contributed by atoms with Crippen molar-refractivity contribution in [1.29, 1.82) is 0 Å². The Labute approximate surface area is 159 Å². The molecule has 27 heavy (non-hydrogen) atoms. The molecule has 7 nitrogen and oxygen atoms in total. The second-order valence-corrected chi connectivity index (χ2v) is 6.48. The number of hydrogen-bond donors (Lipinski definition) is 1. The highest BCUT2D eigenvalue weighted by Crippen LogP contribution is 2.20. The van der Waals surface area contributed by atoms with E-state index in [9.17, 15) is 4.79 Å². The van der Waals surface area contributed by atoms with Gasteiger partial charge in [-0.15, -0.1) is 11.3 Å². The van der Waals surface area contributed by atoms with Crippen LogP contribution in [0.15, 0.2) is 58.1 Å². The summed E-state index contributed by atoms with van der Waals surface area (Å²) in [6, 6.07) is 9.47. The maximum atomic E-state index is 12.1. The largest absolute Gasteiger partial charge is 0.484 e. The highest BCUT2D eigenvalue weighted by Gasteiger charge is 2.12. The maximum Gasteiger partial charge on any atom is 0.273 e. The third-order valence-electron chi connectivity index (χ3n) is 3.87. The van der Waals surface area contributed by atoms with Crippen molar-refractivity contribution in [3.05, 3.63) is 71.0 Å². The molecule has 3 heterocycles. The lowest BCUT2D eigenvalue weighted by Gasteiger charge is -2.04. The quantitative estimate of drug-likeness (QED) is 0.529. The molecule has 0 bridgehead atoms. The monoisotopic (exact) mass is 380 g/mol. The number of oxazole rings is 1. The first-order chi connectivity index (χ1) is 13.3. The van der Waals surface area contributed by atoms with Crippen LogP contribution in [0.3, 0.4) is 0 Å². The highest BCUT2D eigenvalue weighted by molar-refractivity contribution is 7.07. The van der Waals surface area contributed by atoms with E-state index in [1.165, 1.54) is 17.6 Å². The van der Waals surface area contributed by atoms with E-state index in [0.717, 1.165) is 16.6 Å². The minimum Gasteiger partial charge on any atom is -0.484 e. The molecule has 0 aliphatic heterocycles. The summed E-state index contributed by atoms with van der Waals surface area (Å²) in [5, 5.41) is 5.75. The van der Waals surface area contributed by atoms with Gasteiger partial charge in [-0.1, -0.05) is 6.07 Å². The Morgan fingerprint density at radius 1 is 1.26 bits per heavy atom. The van der Waals surface area contributed by atoms with Gasteiger partial charge in [0.25, 0.3) is 5.91 Å². The number of thiazole rings is 1. The minimum absolute atomic E-state index is 0.137. The van der Waals surface area contributed by atoms with Crippen LogP contribution in [0.1, 0.15) is 22.1 Å². The number of aromatic nitrogens is 3. The van der Waals surface area contributed by atoms with Gasteiger partial charge >= 0.3 is 0 Å². The van der Waals surface area contributed by atoms with Crippen LogP contribution >= 0.6 is 11.3 Å². The van der Waals surface area contributed by atoms with Crippen LogP contribution in [0, 0.1) is 0 Å². The van der Waals surface area contributed by atoms with Gasteiger partial charge in [-0.05, 0) is 24.3 Å². The Morgan fingerprint density at radius 2 is 2.22 bits per heavy atom. The lowest BCUT2D eigenvalue weighted by Crippen LogP contribution is -2.26. The molecule has 0 saturated heterocycles. The number of nitrogens with zero attached hydrogens (tertiary/aromatic N) is 3. The number of amides is 1. The second kappa shape index (κ2) is 7.96. The molecule has 1 amide bonds. The molecule has 0 saturated carbocycles. The normalized spacial score (nSPS) is 10.8. The maximum absolute atomic E-state index is 12.1. The summed E-state index contributed by atoms with van der Waals surface area (Å²) >= 11 is 1.53. The minimum atomic E-state index is -0.281. The van der Waals surface area contributed by atoms with E-state index in [0.29, 0.717) is 24.6 Å². The standard InChI is InChI=1S/C19H16N4O3S/c24-19(21-7-5-14-11-27-12-22-14)17-9-26-18(23-17)10-25-15-3-4-16-13(8-15)2-1-6-20-16/h1-4,6,8-9,11-12H,5,7,10H2,(H,21,24). The van der Waals surface area contributed by atoms with Gasteiger partial charge in [-0.2, -0.15) is 0 Å². The Balaban J connectivity index is 1.31. The molecule has 8 heteroatoms. The molecular formula is C19H16N4O3S. The first-order valence-corrected chi connectivity index (χ1v) is 9.29. The van der Waals surface area contributed by atoms with Crippen molar-refractivity contribution in [3.63, 3.8) is 0 Å². The zero-order valence-corrected chi connectivity index (χ0v) is 15.1. The Hall–Kier alpha value is -3.26. The van der Waals surface area contributed by atoms with Crippen LogP contribution in [0.4, 0.5) is 0 Å². The first-order valence-electron chi connectivity index (χ1n) is 8.35. The molecule has 1 N–H and O–H groups in total. The molecule has 0 spiro atoms. The van der Waals surface area contributed by atoms with Gasteiger partial charge in [-0.25, -0.2) is 9.97 Å². The third kappa shape index (κ3) is 4.29. The van der Waals surface area contributed by atoms with Gasteiger partial charge < -0.3 is 14.5 Å². The molecule has 0 atom stereocenters. The number of hydrogen-bond acceptors (Lipinski definition) is 7. The van der Waals surface area contributed by atoms with Gasteiger partial charge in [0.15, 0.2) is 12.3 Å². The topological polar surface area (TPSA) is 90.1 Å². The van der Waals surface area contributed by atoms with Gasteiger partial charge in [0.05, 0.1) is 16.7 Å². The highest BCUT2D eigenvalue weighted by atomic mass is 32.1. The van der Waals surface area contributed by atoms with Crippen molar-refractivity contribution in [2.75, 3.05) is 6.54 Å². The number of nitrogens with one attached hydrogen (secondary N) is 1. The molecule has 1 aromatic carbocycles.